The minimum absolute atomic E-state index is 0.0499. The maximum Gasteiger partial charge on any atom is 0.337 e. The topological polar surface area (TPSA) is 97.5 Å². The van der Waals surface area contributed by atoms with Gasteiger partial charge in [-0.25, -0.2) is 9.78 Å². The van der Waals surface area contributed by atoms with Crippen molar-refractivity contribution in [3.8, 4) is 0 Å². The Labute approximate surface area is 93.4 Å². The molecule has 6 nitrogen and oxygen atoms in total. The normalized spacial score (nSPS) is 10.1. The average Bonchev–Trinajstić information content (AvgIpc) is 2.26. The van der Waals surface area contributed by atoms with E-state index in [1.165, 1.54) is 12.3 Å². The molecule has 0 aromatic carbocycles. The van der Waals surface area contributed by atoms with Gasteiger partial charge in [-0.1, -0.05) is 0 Å². The van der Waals surface area contributed by atoms with Crippen LogP contribution in [-0.4, -0.2) is 35.8 Å². The van der Waals surface area contributed by atoms with Crippen LogP contribution >= 0.6 is 0 Å². The molecule has 1 rings (SSSR count). The van der Waals surface area contributed by atoms with Crippen molar-refractivity contribution in [3.63, 3.8) is 0 Å². The molecule has 0 aliphatic rings. The summed E-state index contributed by atoms with van der Waals surface area (Å²) in [5.74, 6) is -0.584. The van der Waals surface area contributed by atoms with Gasteiger partial charge in [0.05, 0.1) is 24.1 Å². The number of hydrogen-bond acceptors (Lipinski definition) is 5. The molecular weight excluding hydrogens is 210 g/mol. The molecule has 0 radical (unpaired) electrons. The maximum atomic E-state index is 10.8. The van der Waals surface area contributed by atoms with Crippen LogP contribution in [0.4, 0.5) is 11.5 Å². The number of pyridine rings is 1. The van der Waals surface area contributed by atoms with Crippen LogP contribution in [0.5, 0.6) is 0 Å². The lowest BCUT2D eigenvalue weighted by molar-refractivity contribution is 0.0698. The maximum absolute atomic E-state index is 10.8. The lowest BCUT2D eigenvalue weighted by Gasteiger charge is -2.07. The minimum Gasteiger partial charge on any atom is -0.478 e. The number of aromatic nitrogens is 1. The fraction of sp³-hybridized carbons (Fsp3) is 0.400. The number of carboxylic acids is 1. The number of anilines is 2. The molecule has 0 unspecified atom stereocenters. The van der Waals surface area contributed by atoms with E-state index < -0.39 is 5.97 Å². The summed E-state index contributed by atoms with van der Waals surface area (Å²) < 4.78 is 5.13. The lowest BCUT2D eigenvalue weighted by atomic mass is 10.2. The Bertz CT molecular complexity index is 368. The summed E-state index contributed by atoms with van der Waals surface area (Å²) >= 11 is 0. The molecular formula is C10H15N3O3. The summed E-state index contributed by atoms with van der Waals surface area (Å²) in [6.45, 7) is 3.68. The molecule has 0 amide bonds. The van der Waals surface area contributed by atoms with Crippen LogP contribution in [0.3, 0.4) is 0 Å². The van der Waals surface area contributed by atoms with E-state index in [0.717, 1.165) is 0 Å². The first-order valence-corrected chi connectivity index (χ1v) is 4.95. The molecule has 4 N–H and O–H groups in total. The molecule has 0 aliphatic carbocycles. The summed E-state index contributed by atoms with van der Waals surface area (Å²) in [7, 11) is 0. The largest absolute Gasteiger partial charge is 0.478 e. The zero-order valence-electron chi connectivity index (χ0n) is 9.06. The van der Waals surface area contributed by atoms with Gasteiger partial charge in [0.2, 0.25) is 0 Å². The Kier molecular flexibility index (Phi) is 4.53. The third-order valence-corrected chi connectivity index (χ3v) is 1.92. The Balaban J connectivity index is 2.61. The second kappa shape index (κ2) is 5.92. The number of aromatic carboxylic acids is 1. The van der Waals surface area contributed by atoms with Gasteiger partial charge in [0, 0.05) is 13.2 Å². The van der Waals surface area contributed by atoms with Gasteiger partial charge in [-0.15, -0.1) is 0 Å². The Morgan fingerprint density at radius 3 is 3.06 bits per heavy atom. The SMILES string of the molecule is CCOCCNc1cc(C(=O)O)c(N)cn1. The number of nitrogens with one attached hydrogen (secondary N) is 1. The van der Waals surface area contributed by atoms with E-state index >= 15 is 0 Å². The van der Waals surface area contributed by atoms with E-state index in [1.807, 2.05) is 6.92 Å². The zero-order valence-corrected chi connectivity index (χ0v) is 9.06. The lowest BCUT2D eigenvalue weighted by Crippen LogP contribution is -2.11. The number of nitrogens with zero attached hydrogens (tertiary/aromatic N) is 1. The third kappa shape index (κ3) is 3.39. The highest BCUT2D eigenvalue weighted by Gasteiger charge is 2.09. The van der Waals surface area contributed by atoms with Crippen LogP contribution in [0.1, 0.15) is 17.3 Å². The van der Waals surface area contributed by atoms with E-state index in [0.29, 0.717) is 25.6 Å². The smallest absolute Gasteiger partial charge is 0.337 e. The van der Waals surface area contributed by atoms with E-state index in [9.17, 15) is 4.79 Å². The van der Waals surface area contributed by atoms with Gasteiger partial charge in [-0.05, 0) is 13.0 Å². The quantitative estimate of drug-likeness (QED) is 0.620. The van der Waals surface area contributed by atoms with E-state index in [1.54, 1.807) is 0 Å². The number of carboxylic acid groups (broad SMARTS) is 1. The number of ether oxygens (including phenoxy) is 1. The van der Waals surface area contributed by atoms with Crippen LogP contribution in [0.25, 0.3) is 0 Å². The summed E-state index contributed by atoms with van der Waals surface area (Å²) in [5, 5.41) is 11.8. The third-order valence-electron chi connectivity index (χ3n) is 1.92. The Hall–Kier alpha value is -1.82. The summed E-state index contributed by atoms with van der Waals surface area (Å²) in [5.41, 5.74) is 5.68. The highest BCUT2D eigenvalue weighted by molar-refractivity contribution is 5.94. The molecule has 0 saturated carbocycles. The second-order valence-electron chi connectivity index (χ2n) is 3.09. The molecule has 0 atom stereocenters. The highest BCUT2D eigenvalue weighted by Crippen LogP contribution is 2.14. The van der Waals surface area contributed by atoms with Crippen LogP contribution in [0.2, 0.25) is 0 Å². The first-order valence-electron chi connectivity index (χ1n) is 4.95. The monoisotopic (exact) mass is 225 g/mol. The van der Waals surface area contributed by atoms with Gasteiger partial charge < -0.3 is 20.9 Å². The second-order valence-corrected chi connectivity index (χ2v) is 3.09. The number of nitrogen functional groups attached to an aromatic ring is 1. The van der Waals surface area contributed by atoms with Crippen molar-refractivity contribution in [2.75, 3.05) is 30.8 Å². The predicted octanol–water partition coefficient (Wildman–Crippen LogP) is 0.810. The molecule has 88 valence electrons. The first-order chi connectivity index (χ1) is 7.65. The number of nitrogens with two attached hydrogens (primary N) is 1. The molecule has 0 fully saturated rings. The minimum atomic E-state index is -1.06. The van der Waals surface area contributed by atoms with Gasteiger partial charge in [0.25, 0.3) is 0 Å². The molecule has 1 heterocycles. The van der Waals surface area contributed by atoms with Gasteiger partial charge in [-0.3, -0.25) is 0 Å². The van der Waals surface area contributed by atoms with E-state index in [4.69, 9.17) is 15.6 Å². The van der Waals surface area contributed by atoms with Crippen molar-refractivity contribution in [2.45, 2.75) is 6.92 Å². The van der Waals surface area contributed by atoms with Gasteiger partial charge in [-0.2, -0.15) is 0 Å². The van der Waals surface area contributed by atoms with Gasteiger partial charge in [0.1, 0.15) is 5.82 Å². The fourth-order valence-corrected chi connectivity index (χ4v) is 1.14. The molecule has 0 bridgehead atoms. The van der Waals surface area contributed by atoms with Gasteiger partial charge >= 0.3 is 5.97 Å². The van der Waals surface area contributed by atoms with E-state index in [-0.39, 0.29) is 11.3 Å². The van der Waals surface area contributed by atoms with E-state index in [2.05, 4.69) is 10.3 Å². The van der Waals surface area contributed by atoms with Crippen molar-refractivity contribution in [2.24, 2.45) is 0 Å². The molecule has 0 spiro atoms. The predicted molar refractivity (Wildman–Crippen MR) is 60.6 cm³/mol. The summed E-state index contributed by atoms with van der Waals surface area (Å²) in [6, 6.07) is 1.41. The Morgan fingerprint density at radius 1 is 1.69 bits per heavy atom. The highest BCUT2D eigenvalue weighted by atomic mass is 16.5. The molecule has 6 heteroatoms. The molecule has 1 aromatic heterocycles. The fourth-order valence-electron chi connectivity index (χ4n) is 1.14. The van der Waals surface area contributed by atoms with Crippen LogP contribution < -0.4 is 11.1 Å². The number of carbonyl (C=O) groups is 1. The summed E-state index contributed by atoms with van der Waals surface area (Å²) in [6.07, 6.45) is 1.33. The van der Waals surface area contributed by atoms with Crippen molar-refractivity contribution < 1.29 is 14.6 Å². The molecule has 1 aromatic rings. The molecule has 16 heavy (non-hydrogen) atoms. The van der Waals surface area contributed by atoms with Gasteiger partial charge in [0.15, 0.2) is 0 Å². The van der Waals surface area contributed by atoms with Crippen LogP contribution in [-0.2, 0) is 4.74 Å². The van der Waals surface area contributed by atoms with Crippen molar-refractivity contribution in [1.29, 1.82) is 0 Å². The Morgan fingerprint density at radius 2 is 2.44 bits per heavy atom. The van der Waals surface area contributed by atoms with Crippen LogP contribution in [0.15, 0.2) is 12.3 Å². The van der Waals surface area contributed by atoms with Crippen molar-refractivity contribution >= 4 is 17.5 Å². The van der Waals surface area contributed by atoms with Crippen LogP contribution in [0, 0.1) is 0 Å². The average molecular weight is 225 g/mol. The first kappa shape index (κ1) is 12.3. The van der Waals surface area contributed by atoms with Crippen molar-refractivity contribution in [1.82, 2.24) is 4.98 Å². The number of hydrogen-bond donors (Lipinski definition) is 3. The number of rotatable bonds is 6. The molecule has 0 aliphatic heterocycles. The molecule has 0 saturated heterocycles. The standard InChI is InChI=1S/C10H15N3O3/c1-2-16-4-3-12-9-5-7(10(14)15)8(11)6-13-9/h5-6H,2-4,11H2,1H3,(H,12,13)(H,14,15). The summed E-state index contributed by atoms with van der Waals surface area (Å²) in [4.78, 5) is 14.8. The van der Waals surface area contributed by atoms with Crippen molar-refractivity contribution in [3.05, 3.63) is 17.8 Å². The zero-order chi connectivity index (χ0) is 12.0.